The summed E-state index contributed by atoms with van der Waals surface area (Å²) in [6.45, 7) is 1.74. The Bertz CT molecular complexity index is 726. The van der Waals surface area contributed by atoms with E-state index in [9.17, 15) is 8.42 Å². The van der Waals surface area contributed by atoms with E-state index < -0.39 is 9.84 Å². The maximum atomic E-state index is 12.3. The zero-order chi connectivity index (χ0) is 12.8. The molecular weight excluding hydrogens is 252 g/mol. The second-order valence-corrected chi connectivity index (χ2v) is 6.06. The Kier molecular flexibility index (Phi) is 2.34. The maximum absolute atomic E-state index is 12.3. The van der Waals surface area contributed by atoms with E-state index in [-0.39, 0.29) is 16.4 Å². The Morgan fingerprint density at radius 3 is 3.00 bits per heavy atom. The van der Waals surface area contributed by atoms with Crippen molar-refractivity contribution in [1.82, 2.24) is 9.97 Å². The van der Waals surface area contributed by atoms with Crippen molar-refractivity contribution in [3.63, 3.8) is 0 Å². The van der Waals surface area contributed by atoms with E-state index in [2.05, 4.69) is 9.97 Å². The number of aryl methyl sites for hydroxylation is 1. The van der Waals surface area contributed by atoms with Crippen molar-refractivity contribution < 1.29 is 13.2 Å². The second-order valence-electron chi connectivity index (χ2n) is 4.10. The van der Waals surface area contributed by atoms with Gasteiger partial charge in [-0.1, -0.05) is 6.07 Å². The molecule has 0 atom stereocenters. The van der Waals surface area contributed by atoms with Crippen LogP contribution < -0.4 is 4.74 Å². The molecule has 0 radical (unpaired) electrons. The Morgan fingerprint density at radius 2 is 2.17 bits per heavy atom. The summed E-state index contributed by atoms with van der Waals surface area (Å²) in [5.74, 6) is 0.454. The highest BCUT2D eigenvalue weighted by molar-refractivity contribution is 7.90. The van der Waals surface area contributed by atoms with Crippen molar-refractivity contribution in [1.29, 1.82) is 0 Å². The van der Waals surface area contributed by atoms with Gasteiger partial charge in [-0.2, -0.15) is 0 Å². The van der Waals surface area contributed by atoms with Crippen LogP contribution in [-0.4, -0.2) is 18.4 Å². The van der Waals surface area contributed by atoms with E-state index in [1.807, 2.05) is 0 Å². The summed E-state index contributed by atoms with van der Waals surface area (Å²) >= 11 is 0. The molecule has 92 valence electrons. The minimum atomic E-state index is -3.42. The van der Waals surface area contributed by atoms with Gasteiger partial charge >= 0.3 is 0 Å². The van der Waals surface area contributed by atoms with E-state index in [4.69, 9.17) is 4.74 Å². The molecule has 0 saturated heterocycles. The Labute approximate surface area is 104 Å². The van der Waals surface area contributed by atoms with Crippen molar-refractivity contribution in [2.75, 3.05) is 0 Å². The Morgan fingerprint density at radius 1 is 1.33 bits per heavy atom. The molecule has 2 aromatic heterocycles. The van der Waals surface area contributed by atoms with Crippen LogP contribution in [0.2, 0.25) is 0 Å². The second kappa shape index (κ2) is 3.78. The molecule has 0 unspecified atom stereocenters. The summed E-state index contributed by atoms with van der Waals surface area (Å²) in [6, 6.07) is 4.92. The predicted molar refractivity (Wildman–Crippen MR) is 64.2 cm³/mol. The van der Waals surface area contributed by atoms with Gasteiger partial charge in [-0.3, -0.25) is 4.98 Å². The van der Waals surface area contributed by atoms with Gasteiger partial charge < -0.3 is 4.74 Å². The van der Waals surface area contributed by atoms with Gasteiger partial charge in [0, 0.05) is 17.5 Å². The quantitative estimate of drug-likeness (QED) is 0.725. The van der Waals surface area contributed by atoms with Crippen LogP contribution in [0.25, 0.3) is 0 Å². The standard InChI is InChI=1S/C12H10N2O3S/c1-8-5-11-10(6-14-8)17-12-9(3-2-4-13-12)7-18(11,15)16/h2-6H,7H2,1H3. The number of hydrogen-bond donors (Lipinski definition) is 0. The molecule has 2 aromatic rings. The highest BCUT2D eigenvalue weighted by atomic mass is 32.2. The lowest BCUT2D eigenvalue weighted by molar-refractivity contribution is 0.446. The smallest absolute Gasteiger partial charge is 0.223 e. The molecule has 0 fully saturated rings. The third-order valence-corrected chi connectivity index (χ3v) is 4.39. The number of rotatable bonds is 0. The molecule has 5 nitrogen and oxygen atoms in total. The largest absolute Gasteiger partial charge is 0.436 e. The average Bonchev–Trinajstić information content (AvgIpc) is 2.43. The fourth-order valence-corrected chi connectivity index (χ4v) is 3.39. The number of hydrogen-bond acceptors (Lipinski definition) is 5. The maximum Gasteiger partial charge on any atom is 0.223 e. The molecule has 6 heteroatoms. The third kappa shape index (κ3) is 1.74. The molecule has 18 heavy (non-hydrogen) atoms. The normalized spacial score (nSPS) is 16.1. The lowest BCUT2D eigenvalue weighted by Gasteiger charge is -2.06. The van der Waals surface area contributed by atoms with E-state index >= 15 is 0 Å². The minimum absolute atomic E-state index is 0.105. The summed E-state index contributed by atoms with van der Waals surface area (Å²) in [4.78, 5) is 8.28. The molecule has 1 aliphatic heterocycles. The van der Waals surface area contributed by atoms with Crippen LogP contribution in [0.3, 0.4) is 0 Å². The first-order valence-corrected chi connectivity index (χ1v) is 7.03. The van der Waals surface area contributed by atoms with Crippen LogP contribution in [0.15, 0.2) is 35.5 Å². The van der Waals surface area contributed by atoms with Gasteiger partial charge in [0.2, 0.25) is 5.88 Å². The lowest BCUT2D eigenvalue weighted by Crippen LogP contribution is -2.04. The van der Waals surface area contributed by atoms with Crippen molar-refractivity contribution >= 4 is 9.84 Å². The van der Waals surface area contributed by atoms with E-state index in [0.29, 0.717) is 17.1 Å². The first-order chi connectivity index (χ1) is 8.56. The highest BCUT2D eigenvalue weighted by Crippen LogP contribution is 2.35. The fraction of sp³-hybridized carbons (Fsp3) is 0.167. The summed E-state index contributed by atoms with van der Waals surface area (Å²) in [5, 5.41) is 0. The first kappa shape index (κ1) is 11.2. The van der Waals surface area contributed by atoms with E-state index in [1.165, 1.54) is 12.3 Å². The van der Waals surface area contributed by atoms with Crippen LogP contribution in [0, 0.1) is 6.92 Å². The monoisotopic (exact) mass is 262 g/mol. The molecule has 0 aromatic carbocycles. The number of ether oxygens (including phenoxy) is 1. The van der Waals surface area contributed by atoms with Crippen LogP contribution in [0.5, 0.6) is 11.6 Å². The molecule has 0 N–H and O–H groups in total. The molecule has 0 aliphatic carbocycles. The lowest BCUT2D eigenvalue weighted by atomic mass is 10.3. The number of sulfone groups is 1. The fourth-order valence-electron chi connectivity index (χ4n) is 1.85. The van der Waals surface area contributed by atoms with Gasteiger partial charge in [-0.25, -0.2) is 13.4 Å². The molecule has 3 heterocycles. The predicted octanol–water partition coefficient (Wildman–Crippen LogP) is 1.86. The van der Waals surface area contributed by atoms with Crippen molar-refractivity contribution in [3.05, 3.63) is 41.9 Å². The first-order valence-electron chi connectivity index (χ1n) is 5.37. The number of aromatic nitrogens is 2. The average molecular weight is 262 g/mol. The summed E-state index contributed by atoms with van der Waals surface area (Å²) in [7, 11) is -3.42. The van der Waals surface area contributed by atoms with Gasteiger partial charge in [0.1, 0.15) is 4.90 Å². The SMILES string of the molecule is Cc1cc2c(cn1)Oc1ncccc1CS2(=O)=O. The van der Waals surface area contributed by atoms with Gasteiger partial charge in [-0.15, -0.1) is 0 Å². The minimum Gasteiger partial charge on any atom is -0.436 e. The molecule has 0 amide bonds. The number of fused-ring (bicyclic) bond motifs is 2. The zero-order valence-electron chi connectivity index (χ0n) is 9.62. The molecule has 3 rings (SSSR count). The summed E-state index contributed by atoms with van der Waals surface area (Å²) in [5.41, 5.74) is 1.20. The van der Waals surface area contributed by atoms with Crippen LogP contribution in [-0.2, 0) is 15.6 Å². The molecule has 0 spiro atoms. The summed E-state index contributed by atoms with van der Waals surface area (Å²) < 4.78 is 30.1. The van der Waals surface area contributed by atoms with Gasteiger partial charge in [0.05, 0.1) is 11.9 Å². The highest BCUT2D eigenvalue weighted by Gasteiger charge is 2.27. The van der Waals surface area contributed by atoms with Crippen LogP contribution in [0.4, 0.5) is 0 Å². The Balaban J connectivity index is 2.28. The van der Waals surface area contributed by atoms with E-state index in [0.717, 1.165) is 0 Å². The number of pyridine rings is 2. The van der Waals surface area contributed by atoms with Gasteiger partial charge in [0.25, 0.3) is 0 Å². The van der Waals surface area contributed by atoms with Gasteiger partial charge in [-0.05, 0) is 19.1 Å². The van der Waals surface area contributed by atoms with Crippen LogP contribution in [0.1, 0.15) is 11.3 Å². The van der Waals surface area contributed by atoms with Crippen molar-refractivity contribution in [3.8, 4) is 11.6 Å². The van der Waals surface area contributed by atoms with Crippen LogP contribution >= 0.6 is 0 Å². The molecular formula is C12H10N2O3S. The topological polar surface area (TPSA) is 69.2 Å². The summed E-state index contributed by atoms with van der Waals surface area (Å²) in [6.07, 6.45) is 2.99. The molecule has 0 saturated carbocycles. The third-order valence-electron chi connectivity index (χ3n) is 2.71. The van der Waals surface area contributed by atoms with E-state index in [1.54, 1.807) is 25.3 Å². The number of nitrogens with zero attached hydrogens (tertiary/aromatic N) is 2. The molecule has 0 bridgehead atoms. The zero-order valence-corrected chi connectivity index (χ0v) is 10.4. The van der Waals surface area contributed by atoms with Crippen molar-refractivity contribution in [2.45, 2.75) is 17.6 Å². The van der Waals surface area contributed by atoms with Gasteiger partial charge in [0.15, 0.2) is 15.6 Å². The Hall–Kier alpha value is -1.95. The van der Waals surface area contributed by atoms with Crippen molar-refractivity contribution in [2.24, 2.45) is 0 Å². The molecule has 1 aliphatic rings.